The van der Waals surface area contributed by atoms with Gasteiger partial charge in [0, 0.05) is 47.1 Å². The largest absolute Gasteiger partial charge is 0.464 e. The third-order valence-corrected chi connectivity index (χ3v) is 7.56. The van der Waals surface area contributed by atoms with Crippen molar-refractivity contribution in [1.82, 2.24) is 0 Å². The van der Waals surface area contributed by atoms with Gasteiger partial charge in [0.25, 0.3) is 0 Å². The number of hydrogen-bond donors (Lipinski definition) is 1. The van der Waals surface area contributed by atoms with E-state index in [9.17, 15) is 28.8 Å². The monoisotopic (exact) mass is 776 g/mol. The van der Waals surface area contributed by atoms with Crippen molar-refractivity contribution in [2.24, 2.45) is 11.1 Å². The summed E-state index contributed by atoms with van der Waals surface area (Å²) in [5.74, 6) is -1.13. The molecule has 0 aliphatic heterocycles. The van der Waals surface area contributed by atoms with Crippen molar-refractivity contribution in [3.8, 4) is 0 Å². The van der Waals surface area contributed by atoms with E-state index in [0.717, 1.165) is 38.5 Å². The highest BCUT2D eigenvalue weighted by molar-refractivity contribution is 5.67. The minimum atomic E-state index is -0.411. The number of hydrogen-bond acceptors (Lipinski definition) is 13. The molecule has 0 heterocycles. The fourth-order valence-electron chi connectivity index (χ4n) is 4.53. The lowest BCUT2D eigenvalue weighted by Gasteiger charge is -2.26. The fraction of sp³-hybridized carbons (Fsp3) is 0.854. The zero-order chi connectivity index (χ0) is 42.7. The van der Waals surface area contributed by atoms with Gasteiger partial charge in [-0.1, -0.05) is 27.2 Å². The summed E-state index contributed by atoms with van der Waals surface area (Å²) in [5, 5.41) is 0. The van der Waals surface area contributed by atoms with Crippen LogP contribution in [0.4, 0.5) is 0 Å². The number of rotatable bonds is 6. The molecule has 3 saturated carbocycles. The Morgan fingerprint density at radius 1 is 0.519 bits per heavy atom. The van der Waals surface area contributed by atoms with Crippen LogP contribution in [0.3, 0.4) is 0 Å². The number of carbonyl (C=O) groups excluding carboxylic acids is 6. The SMILES string of the molecule is CC(=O)OC(C)(C)C.CC(=O)OC(C)C(C)(C)C.CC(=O)OC1CCC1.CC(=O)OC1CCCC1.CC(=O)OC1CCCCC1.CC(=O)OCC(C)(C)N. The van der Waals surface area contributed by atoms with Crippen LogP contribution in [-0.2, 0) is 57.2 Å². The summed E-state index contributed by atoms with van der Waals surface area (Å²) in [6.45, 7) is 26.1. The second-order valence-electron chi connectivity index (χ2n) is 16.6. The standard InChI is InChI=1S/C8H14O2.C8H16O2.C7H12O2.C6H13NO2.C6H10O2.C6H12O2/c1-7(9)10-8-5-3-2-4-6-8;1-6(8(3,4)5)10-7(2)9;1-6(8)9-7-4-2-3-5-7;1-5(8)9-4-6(2,3)7;1-5(7)8-6-3-2-4-6;1-5(7)8-6(2,3)4/h8H,2-6H2,1H3;6H,1-5H3;7H,2-5H2,1H3;4,7H2,1-3H3;6H,2-4H2,1H3;1-4H3. The molecule has 0 aromatic carbocycles. The van der Waals surface area contributed by atoms with Gasteiger partial charge in [0.05, 0.1) is 0 Å². The van der Waals surface area contributed by atoms with Crippen LogP contribution in [0, 0.1) is 5.41 Å². The average molecular weight is 776 g/mol. The van der Waals surface area contributed by atoms with Crippen LogP contribution in [0.1, 0.15) is 181 Å². The van der Waals surface area contributed by atoms with E-state index in [2.05, 4.69) is 4.74 Å². The Morgan fingerprint density at radius 2 is 0.852 bits per heavy atom. The maximum Gasteiger partial charge on any atom is 0.303 e. The molecule has 54 heavy (non-hydrogen) atoms. The number of carbonyl (C=O) groups is 6. The first kappa shape index (κ1) is 55.1. The lowest BCUT2D eigenvalue weighted by molar-refractivity contribution is -0.152. The Bertz CT molecular complexity index is 1070. The van der Waals surface area contributed by atoms with E-state index >= 15 is 0 Å². The average Bonchev–Trinajstić information content (AvgIpc) is 3.46. The Kier molecular flexibility index (Phi) is 29.7. The first-order valence-electron chi connectivity index (χ1n) is 19.3. The molecule has 3 rings (SSSR count). The van der Waals surface area contributed by atoms with E-state index in [1.807, 2.05) is 48.5 Å². The van der Waals surface area contributed by atoms with Crippen molar-refractivity contribution >= 4 is 35.8 Å². The van der Waals surface area contributed by atoms with Crippen LogP contribution in [-0.4, -0.2) is 78.0 Å². The van der Waals surface area contributed by atoms with E-state index in [0.29, 0.717) is 0 Å². The van der Waals surface area contributed by atoms with Crippen LogP contribution in [0.5, 0.6) is 0 Å². The van der Waals surface area contributed by atoms with Gasteiger partial charge < -0.3 is 34.2 Å². The van der Waals surface area contributed by atoms with Crippen LogP contribution < -0.4 is 5.73 Å². The van der Waals surface area contributed by atoms with Crippen molar-refractivity contribution in [3.63, 3.8) is 0 Å². The zero-order valence-corrected chi connectivity index (χ0v) is 36.5. The van der Waals surface area contributed by atoms with Crippen molar-refractivity contribution in [3.05, 3.63) is 0 Å². The molecule has 13 nitrogen and oxygen atoms in total. The van der Waals surface area contributed by atoms with Gasteiger partial charge in [0.15, 0.2) is 0 Å². The zero-order valence-electron chi connectivity index (χ0n) is 36.5. The van der Waals surface area contributed by atoms with Crippen LogP contribution in [0.25, 0.3) is 0 Å². The Labute approximate surface area is 326 Å². The topological polar surface area (TPSA) is 184 Å². The molecule has 0 amide bonds. The van der Waals surface area contributed by atoms with Gasteiger partial charge in [0.2, 0.25) is 0 Å². The van der Waals surface area contributed by atoms with Crippen molar-refractivity contribution < 1.29 is 57.2 Å². The predicted molar refractivity (Wildman–Crippen MR) is 209 cm³/mol. The Hall–Kier alpha value is -3.22. The number of esters is 6. The highest BCUT2D eigenvalue weighted by Crippen LogP contribution is 2.23. The van der Waals surface area contributed by atoms with E-state index in [4.69, 9.17) is 29.4 Å². The highest BCUT2D eigenvalue weighted by atomic mass is 16.6. The predicted octanol–water partition coefficient (Wildman–Crippen LogP) is 8.10. The smallest absolute Gasteiger partial charge is 0.303 e. The summed E-state index contributed by atoms with van der Waals surface area (Å²) in [4.78, 5) is 62.0. The number of nitrogens with two attached hydrogens (primary N) is 1. The molecule has 0 spiro atoms. The minimum absolute atomic E-state index is 0.00926. The molecule has 3 aliphatic rings. The quantitative estimate of drug-likeness (QED) is 0.202. The molecule has 3 fully saturated rings. The van der Waals surface area contributed by atoms with Crippen LogP contribution >= 0.6 is 0 Å². The molecular weight excluding hydrogens is 698 g/mol. The summed E-state index contributed by atoms with van der Waals surface area (Å²) in [7, 11) is 0. The Balaban J connectivity index is -0.000000579. The van der Waals surface area contributed by atoms with Gasteiger partial charge >= 0.3 is 35.8 Å². The molecule has 0 bridgehead atoms. The van der Waals surface area contributed by atoms with Crippen LogP contribution in [0.15, 0.2) is 0 Å². The van der Waals surface area contributed by atoms with Crippen molar-refractivity contribution in [2.75, 3.05) is 6.61 Å². The number of ether oxygens (including phenoxy) is 6. The molecule has 0 saturated heterocycles. The summed E-state index contributed by atoms with van der Waals surface area (Å²) in [5.41, 5.74) is 4.82. The molecular formula is C41H77NO12. The first-order valence-corrected chi connectivity index (χ1v) is 19.3. The first-order chi connectivity index (χ1) is 24.5. The van der Waals surface area contributed by atoms with E-state index in [-0.39, 0.29) is 77.9 Å². The molecule has 318 valence electrons. The molecule has 0 aromatic rings. The lowest BCUT2D eigenvalue weighted by Crippen LogP contribution is -2.38. The molecule has 1 unspecified atom stereocenters. The van der Waals surface area contributed by atoms with Crippen molar-refractivity contribution in [2.45, 2.75) is 216 Å². The minimum Gasteiger partial charge on any atom is -0.464 e. The normalized spacial score (nSPS) is 16.2. The van der Waals surface area contributed by atoms with Gasteiger partial charge in [-0.3, -0.25) is 28.8 Å². The highest BCUT2D eigenvalue weighted by Gasteiger charge is 2.22. The Morgan fingerprint density at radius 3 is 1.00 bits per heavy atom. The third-order valence-electron chi connectivity index (χ3n) is 7.56. The van der Waals surface area contributed by atoms with Gasteiger partial charge in [-0.25, -0.2) is 0 Å². The lowest BCUT2D eigenvalue weighted by atomic mass is 9.90. The molecule has 3 aliphatic carbocycles. The maximum atomic E-state index is 10.5. The van der Waals surface area contributed by atoms with E-state index in [1.165, 1.54) is 80.1 Å². The molecule has 0 aromatic heterocycles. The maximum absolute atomic E-state index is 10.5. The second-order valence-corrected chi connectivity index (χ2v) is 16.6. The van der Waals surface area contributed by atoms with Gasteiger partial charge in [0.1, 0.15) is 36.6 Å². The second kappa shape index (κ2) is 29.1. The molecule has 2 N–H and O–H groups in total. The third kappa shape index (κ3) is 43.2. The van der Waals surface area contributed by atoms with Gasteiger partial charge in [-0.15, -0.1) is 0 Å². The fourth-order valence-corrected chi connectivity index (χ4v) is 4.53. The van der Waals surface area contributed by atoms with Crippen molar-refractivity contribution in [1.29, 1.82) is 0 Å². The van der Waals surface area contributed by atoms with Gasteiger partial charge in [-0.05, 0) is 118 Å². The van der Waals surface area contributed by atoms with Crippen LogP contribution in [0.2, 0.25) is 0 Å². The summed E-state index contributed by atoms with van der Waals surface area (Å²) in [6.07, 6.45) is 14.5. The summed E-state index contributed by atoms with van der Waals surface area (Å²) < 4.78 is 29.3. The summed E-state index contributed by atoms with van der Waals surface area (Å²) >= 11 is 0. The molecule has 1 atom stereocenters. The van der Waals surface area contributed by atoms with E-state index in [1.54, 1.807) is 13.8 Å². The molecule has 0 radical (unpaired) electrons. The molecule has 13 heteroatoms. The van der Waals surface area contributed by atoms with Gasteiger partial charge in [-0.2, -0.15) is 0 Å². The van der Waals surface area contributed by atoms with E-state index < -0.39 is 5.54 Å². The summed E-state index contributed by atoms with van der Waals surface area (Å²) in [6, 6.07) is 0.